The minimum Gasteiger partial charge on any atom is -0.461 e. The molecule has 10 heteroatoms. The zero-order chi connectivity index (χ0) is 22.6. The minimum absolute atomic E-state index is 0.0386. The topological polar surface area (TPSA) is 102 Å². The Labute approximate surface area is 185 Å². The maximum absolute atomic E-state index is 12.9. The highest BCUT2D eigenvalue weighted by Crippen LogP contribution is 2.33. The first-order valence-electron chi connectivity index (χ1n) is 9.91. The first kappa shape index (κ1) is 22.8. The number of carbonyl (C=O) groups excluding carboxylic acids is 1. The quantitative estimate of drug-likeness (QED) is 0.465. The van der Waals surface area contributed by atoms with E-state index < -0.39 is 16.0 Å². The summed E-state index contributed by atoms with van der Waals surface area (Å²) in [6.07, 6.45) is 0. The molecule has 0 radical (unpaired) electrons. The van der Waals surface area contributed by atoms with Crippen LogP contribution in [0.25, 0.3) is 10.6 Å². The number of aryl methyl sites for hydroxylation is 1. The molecule has 1 aromatic carbocycles. The molecule has 2 aromatic heterocycles. The number of rotatable bonds is 9. The Morgan fingerprint density at radius 2 is 1.90 bits per heavy atom. The van der Waals surface area contributed by atoms with Crippen LogP contribution in [-0.4, -0.2) is 39.2 Å². The zero-order valence-electron chi connectivity index (χ0n) is 17.8. The number of anilines is 2. The summed E-state index contributed by atoms with van der Waals surface area (Å²) in [5, 5.41) is 3.69. The van der Waals surface area contributed by atoms with Crippen molar-refractivity contribution in [2.24, 2.45) is 0 Å². The van der Waals surface area contributed by atoms with Crippen LogP contribution < -0.4 is 9.62 Å². The lowest BCUT2D eigenvalue weighted by atomic mass is 10.1. The molecular formula is C21H25N3O5S2. The number of thiophene rings is 1. The molecule has 0 aliphatic heterocycles. The predicted molar refractivity (Wildman–Crippen MR) is 121 cm³/mol. The van der Waals surface area contributed by atoms with Gasteiger partial charge < -0.3 is 14.2 Å². The molecule has 0 atom stereocenters. The number of ether oxygens (including phenoxy) is 1. The molecule has 0 spiro atoms. The molecule has 0 bridgehead atoms. The van der Waals surface area contributed by atoms with Crippen molar-refractivity contribution in [2.75, 3.05) is 29.3 Å². The Bertz CT molecular complexity index is 1160. The van der Waals surface area contributed by atoms with Gasteiger partial charge in [-0.05, 0) is 63.6 Å². The van der Waals surface area contributed by atoms with Gasteiger partial charge in [0.1, 0.15) is 4.21 Å². The molecule has 1 N–H and O–H groups in total. The van der Waals surface area contributed by atoms with E-state index in [-0.39, 0.29) is 16.5 Å². The van der Waals surface area contributed by atoms with E-state index in [4.69, 9.17) is 9.26 Å². The van der Waals surface area contributed by atoms with Crippen molar-refractivity contribution in [3.63, 3.8) is 0 Å². The molecule has 3 aromatic rings. The van der Waals surface area contributed by atoms with Crippen molar-refractivity contribution in [2.45, 2.75) is 31.9 Å². The van der Waals surface area contributed by atoms with Crippen LogP contribution in [0.5, 0.6) is 0 Å². The minimum atomic E-state index is -3.78. The smallest absolute Gasteiger partial charge is 0.360 e. The first-order valence-corrected chi connectivity index (χ1v) is 12.2. The third-order valence-corrected chi connectivity index (χ3v) is 7.62. The van der Waals surface area contributed by atoms with Crippen LogP contribution in [-0.2, 0) is 14.8 Å². The van der Waals surface area contributed by atoms with E-state index in [1.807, 2.05) is 19.1 Å². The van der Waals surface area contributed by atoms with E-state index in [0.717, 1.165) is 35.7 Å². The Morgan fingerprint density at radius 3 is 2.55 bits per heavy atom. The second-order valence-electron chi connectivity index (χ2n) is 6.69. The van der Waals surface area contributed by atoms with Crippen LogP contribution in [0.1, 0.15) is 36.8 Å². The summed E-state index contributed by atoms with van der Waals surface area (Å²) in [7, 11) is -3.78. The fourth-order valence-electron chi connectivity index (χ4n) is 3.03. The van der Waals surface area contributed by atoms with Crippen molar-refractivity contribution >= 4 is 38.7 Å². The summed E-state index contributed by atoms with van der Waals surface area (Å²) in [6, 6.07) is 10.2. The van der Waals surface area contributed by atoms with E-state index in [9.17, 15) is 13.2 Å². The lowest BCUT2D eigenvalue weighted by molar-refractivity contribution is 0.0514. The van der Waals surface area contributed by atoms with Gasteiger partial charge in [0.2, 0.25) is 0 Å². The van der Waals surface area contributed by atoms with Crippen LogP contribution in [0.15, 0.2) is 45.1 Å². The number of benzene rings is 1. The van der Waals surface area contributed by atoms with Crippen molar-refractivity contribution in [1.29, 1.82) is 0 Å². The van der Waals surface area contributed by atoms with Crippen LogP contribution in [0.2, 0.25) is 0 Å². The second kappa shape index (κ2) is 9.52. The van der Waals surface area contributed by atoms with Crippen molar-refractivity contribution in [3.8, 4) is 10.6 Å². The van der Waals surface area contributed by atoms with Crippen molar-refractivity contribution in [3.05, 3.63) is 47.7 Å². The maximum atomic E-state index is 12.9. The van der Waals surface area contributed by atoms with Gasteiger partial charge in [0.05, 0.1) is 17.2 Å². The van der Waals surface area contributed by atoms with E-state index in [0.29, 0.717) is 16.3 Å². The molecule has 8 nitrogen and oxygen atoms in total. The number of hydrogen-bond acceptors (Lipinski definition) is 8. The van der Waals surface area contributed by atoms with E-state index in [2.05, 4.69) is 28.6 Å². The fraction of sp³-hybridized carbons (Fsp3) is 0.333. The van der Waals surface area contributed by atoms with Crippen LogP contribution in [0.3, 0.4) is 0 Å². The number of hydrogen-bond donors (Lipinski definition) is 1. The number of nitrogens with one attached hydrogen (secondary N) is 1. The Morgan fingerprint density at radius 1 is 1.16 bits per heavy atom. The summed E-state index contributed by atoms with van der Waals surface area (Å²) in [4.78, 5) is 14.5. The number of nitrogens with zero attached hydrogens (tertiary/aromatic N) is 2. The van der Waals surface area contributed by atoms with Gasteiger partial charge in [-0.25, -0.2) is 13.2 Å². The molecule has 0 unspecified atom stereocenters. The maximum Gasteiger partial charge on any atom is 0.360 e. The molecule has 0 saturated heterocycles. The molecule has 3 rings (SSSR count). The molecule has 0 fully saturated rings. The fourth-order valence-corrected chi connectivity index (χ4v) is 5.42. The van der Waals surface area contributed by atoms with E-state index >= 15 is 0 Å². The third-order valence-electron chi connectivity index (χ3n) is 4.67. The number of aromatic nitrogens is 1. The Balaban J connectivity index is 1.80. The largest absolute Gasteiger partial charge is 0.461 e. The highest BCUT2D eigenvalue weighted by molar-refractivity contribution is 7.94. The Hall–Kier alpha value is -2.85. The van der Waals surface area contributed by atoms with Crippen molar-refractivity contribution < 1.29 is 22.5 Å². The molecule has 0 amide bonds. The van der Waals surface area contributed by atoms with Crippen LogP contribution in [0, 0.1) is 6.92 Å². The number of sulfonamides is 1. The average Bonchev–Trinajstić information content (AvgIpc) is 3.41. The predicted octanol–water partition coefficient (Wildman–Crippen LogP) is 4.54. The standard InChI is InChI=1S/C21H25N3O5S2/c1-5-24(6-2)15-8-9-16(14(4)12-15)23-31(26,27)20-11-10-19(30-20)18-13-17(22-29-18)21(25)28-7-3/h8-13,23H,5-7H2,1-4H3. The number of esters is 1. The van der Waals surface area contributed by atoms with Gasteiger partial charge in [-0.3, -0.25) is 4.72 Å². The third kappa shape index (κ3) is 5.08. The second-order valence-corrected chi connectivity index (χ2v) is 9.69. The van der Waals surface area contributed by atoms with Gasteiger partial charge in [0, 0.05) is 24.8 Å². The molecule has 0 aliphatic rings. The highest BCUT2D eigenvalue weighted by Gasteiger charge is 2.21. The van der Waals surface area contributed by atoms with Gasteiger partial charge in [-0.1, -0.05) is 5.16 Å². The molecule has 2 heterocycles. The molecule has 166 valence electrons. The van der Waals surface area contributed by atoms with Crippen LogP contribution in [0.4, 0.5) is 11.4 Å². The summed E-state index contributed by atoms with van der Waals surface area (Å²) >= 11 is 1.03. The highest BCUT2D eigenvalue weighted by atomic mass is 32.2. The van der Waals surface area contributed by atoms with Gasteiger partial charge in [-0.15, -0.1) is 11.3 Å². The lowest BCUT2D eigenvalue weighted by Gasteiger charge is -2.22. The SMILES string of the molecule is CCOC(=O)c1cc(-c2ccc(S(=O)(=O)Nc3ccc(N(CC)CC)cc3C)s2)on1. The normalized spacial score (nSPS) is 11.4. The first-order chi connectivity index (χ1) is 14.8. The summed E-state index contributed by atoms with van der Waals surface area (Å²) in [5.41, 5.74) is 2.44. The molecule has 31 heavy (non-hydrogen) atoms. The average molecular weight is 464 g/mol. The monoisotopic (exact) mass is 463 g/mol. The van der Waals surface area contributed by atoms with E-state index in [1.165, 1.54) is 12.1 Å². The Kier molecular flexibility index (Phi) is 7.01. The number of carbonyl (C=O) groups is 1. The lowest BCUT2D eigenvalue weighted by Crippen LogP contribution is -2.22. The van der Waals surface area contributed by atoms with Gasteiger partial charge in [0.15, 0.2) is 11.5 Å². The van der Waals surface area contributed by atoms with Crippen LogP contribution >= 0.6 is 11.3 Å². The summed E-state index contributed by atoms with van der Waals surface area (Å²) in [6.45, 7) is 9.69. The van der Waals surface area contributed by atoms with Gasteiger partial charge >= 0.3 is 5.97 Å². The van der Waals surface area contributed by atoms with Crippen molar-refractivity contribution in [1.82, 2.24) is 5.16 Å². The van der Waals surface area contributed by atoms with E-state index in [1.54, 1.807) is 19.1 Å². The van der Waals surface area contributed by atoms with Gasteiger partial charge in [0.25, 0.3) is 10.0 Å². The zero-order valence-corrected chi connectivity index (χ0v) is 19.5. The summed E-state index contributed by atoms with van der Waals surface area (Å²) in [5.74, 6) is -0.290. The molecular weight excluding hydrogens is 438 g/mol. The molecule has 0 saturated carbocycles. The summed E-state index contributed by atoms with van der Waals surface area (Å²) < 4.78 is 38.6. The molecule has 0 aliphatic carbocycles. The van der Waals surface area contributed by atoms with Gasteiger partial charge in [-0.2, -0.15) is 0 Å².